The average Bonchev–Trinajstić information content (AvgIpc) is 3.10. The van der Waals surface area contributed by atoms with E-state index in [0.717, 1.165) is 47.8 Å². The van der Waals surface area contributed by atoms with Gasteiger partial charge < -0.3 is 19.7 Å². The van der Waals surface area contributed by atoms with Gasteiger partial charge in [0.1, 0.15) is 17.3 Å². The molecular weight excluding hydrogens is 332 g/mol. The van der Waals surface area contributed by atoms with Crippen LogP contribution in [0.2, 0.25) is 0 Å². The highest BCUT2D eigenvalue weighted by molar-refractivity contribution is 5.96. The van der Waals surface area contributed by atoms with Gasteiger partial charge in [0.05, 0.1) is 0 Å². The first-order chi connectivity index (χ1) is 12.7. The lowest BCUT2D eigenvalue weighted by molar-refractivity contribution is 0.0940. The van der Waals surface area contributed by atoms with Crippen molar-refractivity contribution in [1.29, 1.82) is 0 Å². The third-order valence-electron chi connectivity index (χ3n) is 4.63. The van der Waals surface area contributed by atoms with E-state index in [-0.39, 0.29) is 12.7 Å². The first-order valence-electron chi connectivity index (χ1n) is 8.93. The van der Waals surface area contributed by atoms with Crippen molar-refractivity contribution in [3.63, 3.8) is 0 Å². The fourth-order valence-electron chi connectivity index (χ4n) is 3.39. The van der Waals surface area contributed by atoms with Gasteiger partial charge in [-0.2, -0.15) is 0 Å². The molecule has 7 heteroatoms. The molecule has 0 radical (unpaired) electrons. The number of hydrogen-bond donors (Lipinski definition) is 1. The maximum Gasteiger partial charge on any atom is 0.270 e. The average molecular weight is 354 g/mol. The van der Waals surface area contributed by atoms with E-state index in [0.29, 0.717) is 24.5 Å². The second-order valence-corrected chi connectivity index (χ2v) is 6.58. The molecule has 26 heavy (non-hydrogen) atoms. The molecule has 0 fully saturated rings. The molecule has 1 aromatic carbocycles. The van der Waals surface area contributed by atoms with Gasteiger partial charge in [0.25, 0.3) is 5.91 Å². The standard InChI is InChI=1S/C19H22N4O3/c1-3-8-23(2)18-13-6-7-20-19(24)17(13)21-16(22-18)10-12-4-5-14-15(9-12)26-11-25-14/h4-5,9H,3,6-8,10-11H2,1-2H3,(H,20,24). The maximum atomic E-state index is 12.3. The molecule has 0 saturated carbocycles. The Kier molecular flexibility index (Phi) is 4.36. The highest BCUT2D eigenvalue weighted by Crippen LogP contribution is 2.33. The molecule has 2 aliphatic rings. The van der Waals surface area contributed by atoms with E-state index >= 15 is 0 Å². The second-order valence-electron chi connectivity index (χ2n) is 6.58. The minimum atomic E-state index is -0.119. The fraction of sp³-hybridized carbons (Fsp3) is 0.421. The molecule has 0 bridgehead atoms. The molecule has 4 rings (SSSR count). The van der Waals surface area contributed by atoms with E-state index in [2.05, 4.69) is 22.1 Å². The molecule has 1 aromatic heterocycles. The number of nitrogens with one attached hydrogen (secondary N) is 1. The number of aromatic nitrogens is 2. The minimum Gasteiger partial charge on any atom is -0.454 e. The lowest BCUT2D eigenvalue weighted by atomic mass is 10.0. The number of nitrogens with zero attached hydrogens (tertiary/aromatic N) is 3. The zero-order valence-corrected chi connectivity index (χ0v) is 15.0. The molecule has 0 unspecified atom stereocenters. The van der Waals surface area contributed by atoms with Crippen molar-refractivity contribution in [3.8, 4) is 11.5 Å². The molecule has 2 aromatic rings. The van der Waals surface area contributed by atoms with Gasteiger partial charge in [-0.15, -0.1) is 0 Å². The quantitative estimate of drug-likeness (QED) is 0.884. The number of rotatable bonds is 5. The highest BCUT2D eigenvalue weighted by Gasteiger charge is 2.25. The lowest BCUT2D eigenvalue weighted by Crippen LogP contribution is -2.35. The summed E-state index contributed by atoms with van der Waals surface area (Å²) in [7, 11) is 2.02. The van der Waals surface area contributed by atoms with Gasteiger partial charge in [0, 0.05) is 32.1 Å². The second kappa shape index (κ2) is 6.82. The van der Waals surface area contributed by atoms with Crippen molar-refractivity contribution in [2.24, 2.45) is 0 Å². The van der Waals surface area contributed by atoms with Crippen LogP contribution in [0, 0.1) is 0 Å². The maximum absolute atomic E-state index is 12.3. The van der Waals surface area contributed by atoms with Crippen molar-refractivity contribution >= 4 is 11.7 Å². The molecule has 7 nitrogen and oxygen atoms in total. The SMILES string of the molecule is CCCN(C)c1nc(Cc2ccc3c(c2)OCO3)nc2c1CCNC2=O. The van der Waals surface area contributed by atoms with Crippen LogP contribution >= 0.6 is 0 Å². The van der Waals surface area contributed by atoms with Crippen molar-refractivity contribution in [2.45, 2.75) is 26.2 Å². The molecule has 0 aliphatic carbocycles. The Morgan fingerprint density at radius 2 is 2.08 bits per heavy atom. The van der Waals surface area contributed by atoms with E-state index in [1.165, 1.54) is 0 Å². The van der Waals surface area contributed by atoms with Gasteiger partial charge in [-0.3, -0.25) is 4.79 Å². The van der Waals surface area contributed by atoms with Gasteiger partial charge in [0.15, 0.2) is 11.5 Å². The van der Waals surface area contributed by atoms with Crippen molar-refractivity contribution in [2.75, 3.05) is 31.8 Å². The van der Waals surface area contributed by atoms with Crippen LogP contribution < -0.4 is 19.7 Å². The number of amides is 1. The smallest absolute Gasteiger partial charge is 0.270 e. The van der Waals surface area contributed by atoms with Crippen molar-refractivity contribution in [3.05, 3.63) is 40.8 Å². The van der Waals surface area contributed by atoms with Gasteiger partial charge in [-0.25, -0.2) is 9.97 Å². The Hall–Kier alpha value is -2.83. The van der Waals surface area contributed by atoms with Crippen LogP contribution in [-0.2, 0) is 12.8 Å². The Labute approximate surface area is 152 Å². The number of benzene rings is 1. The Morgan fingerprint density at radius 3 is 2.92 bits per heavy atom. The fourth-order valence-corrected chi connectivity index (χ4v) is 3.39. The first kappa shape index (κ1) is 16.6. The summed E-state index contributed by atoms with van der Waals surface area (Å²) in [5, 5.41) is 2.88. The Balaban J connectivity index is 1.70. The van der Waals surface area contributed by atoms with Crippen LogP contribution in [-0.4, -0.2) is 42.8 Å². The van der Waals surface area contributed by atoms with Crippen LogP contribution in [0.15, 0.2) is 18.2 Å². The van der Waals surface area contributed by atoms with Crippen LogP contribution in [0.25, 0.3) is 0 Å². The summed E-state index contributed by atoms with van der Waals surface area (Å²) in [5.41, 5.74) is 2.47. The Morgan fingerprint density at radius 1 is 1.23 bits per heavy atom. The third-order valence-corrected chi connectivity index (χ3v) is 4.63. The predicted octanol–water partition coefficient (Wildman–Crippen LogP) is 1.93. The van der Waals surface area contributed by atoms with E-state index in [9.17, 15) is 4.79 Å². The number of hydrogen-bond acceptors (Lipinski definition) is 6. The summed E-state index contributed by atoms with van der Waals surface area (Å²) >= 11 is 0. The van der Waals surface area contributed by atoms with Crippen molar-refractivity contribution < 1.29 is 14.3 Å². The lowest BCUT2D eigenvalue weighted by Gasteiger charge is -2.25. The van der Waals surface area contributed by atoms with Crippen LogP contribution in [0.1, 0.15) is 40.8 Å². The molecular formula is C19H22N4O3. The summed E-state index contributed by atoms with van der Waals surface area (Å²) < 4.78 is 10.8. The Bertz CT molecular complexity index is 853. The monoisotopic (exact) mass is 354 g/mol. The summed E-state index contributed by atoms with van der Waals surface area (Å²) in [6.07, 6.45) is 2.30. The molecule has 0 spiro atoms. The number of fused-ring (bicyclic) bond motifs is 2. The van der Waals surface area contributed by atoms with Crippen LogP contribution in [0.4, 0.5) is 5.82 Å². The zero-order valence-electron chi connectivity index (χ0n) is 15.0. The first-order valence-corrected chi connectivity index (χ1v) is 8.93. The van der Waals surface area contributed by atoms with E-state index < -0.39 is 0 Å². The molecule has 136 valence electrons. The summed E-state index contributed by atoms with van der Waals surface area (Å²) in [5.74, 6) is 2.87. The molecule has 1 amide bonds. The van der Waals surface area contributed by atoms with Crippen LogP contribution in [0.5, 0.6) is 11.5 Å². The summed E-state index contributed by atoms with van der Waals surface area (Å²) in [6.45, 7) is 3.89. The molecule has 0 atom stereocenters. The number of anilines is 1. The largest absolute Gasteiger partial charge is 0.454 e. The van der Waals surface area contributed by atoms with E-state index in [1.54, 1.807) is 0 Å². The molecule has 2 aliphatic heterocycles. The normalized spacial score (nSPS) is 14.8. The zero-order chi connectivity index (χ0) is 18.1. The van der Waals surface area contributed by atoms with Gasteiger partial charge in [0.2, 0.25) is 6.79 Å². The van der Waals surface area contributed by atoms with Crippen LogP contribution in [0.3, 0.4) is 0 Å². The number of ether oxygens (including phenoxy) is 2. The topological polar surface area (TPSA) is 76.6 Å². The number of carbonyl (C=O) groups is 1. The van der Waals surface area contributed by atoms with Gasteiger partial charge >= 0.3 is 0 Å². The predicted molar refractivity (Wildman–Crippen MR) is 97.0 cm³/mol. The van der Waals surface area contributed by atoms with Gasteiger partial charge in [-0.05, 0) is 30.5 Å². The minimum absolute atomic E-state index is 0.119. The summed E-state index contributed by atoms with van der Waals surface area (Å²) in [6, 6.07) is 5.82. The van der Waals surface area contributed by atoms with E-state index in [4.69, 9.17) is 14.5 Å². The highest BCUT2D eigenvalue weighted by atomic mass is 16.7. The number of carbonyl (C=O) groups excluding carboxylic acids is 1. The molecule has 1 N–H and O–H groups in total. The van der Waals surface area contributed by atoms with E-state index in [1.807, 2.05) is 25.2 Å². The third kappa shape index (κ3) is 3.05. The van der Waals surface area contributed by atoms with Gasteiger partial charge in [-0.1, -0.05) is 13.0 Å². The molecule has 0 saturated heterocycles. The summed E-state index contributed by atoms with van der Waals surface area (Å²) in [4.78, 5) is 23.8. The molecule has 3 heterocycles. The van der Waals surface area contributed by atoms with Crippen molar-refractivity contribution in [1.82, 2.24) is 15.3 Å².